The molecule has 0 spiro atoms. The Labute approximate surface area is 141 Å². The molecular formula is C16H11Cl2N3S. The number of thiophene rings is 1. The van der Waals surface area contributed by atoms with Crippen LogP contribution in [0.1, 0.15) is 23.3 Å². The van der Waals surface area contributed by atoms with E-state index in [0.717, 1.165) is 18.4 Å². The molecule has 0 atom stereocenters. The van der Waals surface area contributed by atoms with Gasteiger partial charge < -0.3 is 0 Å². The molecule has 3 nitrogen and oxygen atoms in total. The fraction of sp³-hybridized carbons (Fsp3) is 0.188. The standard InChI is InChI=1S/C16H11Cl2N3S/c17-15-19-14(20-16(18)21-15)11-7-4-6-10-9-5-2-1-3-8-12(9)22-13(10)11/h3-4,6-8H,1-2,5H2. The predicted molar refractivity (Wildman–Crippen MR) is 92.6 cm³/mol. The lowest BCUT2D eigenvalue weighted by Gasteiger charge is -2.03. The van der Waals surface area contributed by atoms with Crippen molar-refractivity contribution < 1.29 is 0 Å². The van der Waals surface area contributed by atoms with Gasteiger partial charge in [0.15, 0.2) is 5.82 Å². The normalized spacial score (nSPS) is 14.1. The molecule has 6 heteroatoms. The quantitative estimate of drug-likeness (QED) is 0.590. The maximum Gasteiger partial charge on any atom is 0.227 e. The number of aryl methyl sites for hydroxylation is 1. The third kappa shape index (κ3) is 2.41. The van der Waals surface area contributed by atoms with E-state index in [2.05, 4.69) is 33.2 Å². The summed E-state index contributed by atoms with van der Waals surface area (Å²) in [5, 5.41) is 1.51. The third-order valence-electron chi connectivity index (χ3n) is 3.74. The van der Waals surface area contributed by atoms with Crippen LogP contribution in [0, 0.1) is 0 Å². The molecule has 0 fully saturated rings. The molecule has 1 aliphatic rings. The van der Waals surface area contributed by atoms with E-state index < -0.39 is 0 Å². The van der Waals surface area contributed by atoms with Crippen LogP contribution in [0.25, 0.3) is 27.6 Å². The van der Waals surface area contributed by atoms with Crippen molar-refractivity contribution in [3.8, 4) is 11.4 Å². The zero-order valence-electron chi connectivity index (χ0n) is 11.5. The second-order valence-electron chi connectivity index (χ2n) is 5.12. The highest BCUT2D eigenvalue weighted by Crippen LogP contribution is 2.39. The van der Waals surface area contributed by atoms with E-state index in [9.17, 15) is 0 Å². The third-order valence-corrected chi connectivity index (χ3v) is 5.32. The molecule has 0 unspecified atom stereocenters. The van der Waals surface area contributed by atoms with Gasteiger partial charge in [-0.25, -0.2) is 0 Å². The Morgan fingerprint density at radius 1 is 1.05 bits per heavy atom. The van der Waals surface area contributed by atoms with Gasteiger partial charge in [0.1, 0.15) is 0 Å². The lowest BCUT2D eigenvalue weighted by Crippen LogP contribution is -1.93. The number of hydrogen-bond acceptors (Lipinski definition) is 4. The topological polar surface area (TPSA) is 38.7 Å². The van der Waals surface area contributed by atoms with Gasteiger partial charge in [-0.1, -0.05) is 18.2 Å². The summed E-state index contributed by atoms with van der Waals surface area (Å²) in [6.07, 6.45) is 7.90. The monoisotopic (exact) mass is 347 g/mol. The fourth-order valence-electron chi connectivity index (χ4n) is 2.79. The van der Waals surface area contributed by atoms with Crippen LogP contribution in [0.3, 0.4) is 0 Å². The van der Waals surface area contributed by atoms with Crippen molar-refractivity contribution in [2.45, 2.75) is 19.3 Å². The number of allylic oxidation sites excluding steroid dienone is 1. The van der Waals surface area contributed by atoms with Crippen LogP contribution in [0.15, 0.2) is 24.3 Å². The van der Waals surface area contributed by atoms with Gasteiger partial charge in [0, 0.05) is 15.1 Å². The highest BCUT2D eigenvalue weighted by molar-refractivity contribution is 7.20. The molecule has 0 amide bonds. The molecule has 2 heterocycles. The smallest absolute Gasteiger partial charge is 0.198 e. The number of rotatable bonds is 1. The summed E-state index contributed by atoms with van der Waals surface area (Å²) < 4.78 is 1.18. The van der Waals surface area contributed by atoms with E-state index in [1.807, 2.05) is 12.1 Å². The Balaban J connectivity index is 1.99. The van der Waals surface area contributed by atoms with Crippen molar-refractivity contribution in [3.63, 3.8) is 0 Å². The van der Waals surface area contributed by atoms with Crippen LogP contribution < -0.4 is 0 Å². The molecular weight excluding hydrogens is 337 g/mol. The van der Waals surface area contributed by atoms with E-state index in [-0.39, 0.29) is 10.6 Å². The first-order valence-electron chi connectivity index (χ1n) is 7.01. The molecule has 0 bridgehead atoms. The Morgan fingerprint density at radius 2 is 1.86 bits per heavy atom. The summed E-state index contributed by atoms with van der Waals surface area (Å²) in [7, 11) is 0. The number of aromatic nitrogens is 3. The zero-order valence-corrected chi connectivity index (χ0v) is 13.8. The molecule has 1 aromatic carbocycles. The van der Waals surface area contributed by atoms with Gasteiger partial charge in [0.2, 0.25) is 10.6 Å². The average Bonchev–Trinajstić information content (AvgIpc) is 2.68. The van der Waals surface area contributed by atoms with Crippen LogP contribution in [0.4, 0.5) is 0 Å². The van der Waals surface area contributed by atoms with Gasteiger partial charge in [-0.2, -0.15) is 15.0 Å². The van der Waals surface area contributed by atoms with Crippen LogP contribution in [0.5, 0.6) is 0 Å². The van der Waals surface area contributed by atoms with Crippen molar-refractivity contribution in [1.82, 2.24) is 15.0 Å². The molecule has 110 valence electrons. The molecule has 4 rings (SSSR count). The highest BCUT2D eigenvalue weighted by Gasteiger charge is 2.17. The van der Waals surface area contributed by atoms with E-state index in [1.54, 1.807) is 11.3 Å². The van der Waals surface area contributed by atoms with Crippen molar-refractivity contribution in [2.24, 2.45) is 0 Å². The first-order chi connectivity index (χ1) is 10.7. The van der Waals surface area contributed by atoms with Crippen molar-refractivity contribution in [3.05, 3.63) is 45.3 Å². The highest BCUT2D eigenvalue weighted by atomic mass is 35.5. The lowest BCUT2D eigenvalue weighted by molar-refractivity contribution is 0.858. The summed E-state index contributed by atoms with van der Waals surface area (Å²) in [5.41, 5.74) is 2.37. The van der Waals surface area contributed by atoms with Gasteiger partial charge in [0.25, 0.3) is 0 Å². The number of nitrogens with zero attached hydrogens (tertiary/aromatic N) is 3. The Bertz CT molecular complexity index is 882. The summed E-state index contributed by atoms with van der Waals surface area (Å²) in [4.78, 5) is 13.6. The van der Waals surface area contributed by atoms with Crippen LogP contribution in [-0.2, 0) is 6.42 Å². The van der Waals surface area contributed by atoms with E-state index in [4.69, 9.17) is 23.2 Å². The van der Waals surface area contributed by atoms with Crippen molar-refractivity contribution >= 4 is 50.7 Å². The van der Waals surface area contributed by atoms with E-state index >= 15 is 0 Å². The van der Waals surface area contributed by atoms with Gasteiger partial charge in [-0.05, 0) is 65.6 Å². The molecule has 0 N–H and O–H groups in total. The van der Waals surface area contributed by atoms with Crippen LogP contribution >= 0.6 is 34.5 Å². The minimum absolute atomic E-state index is 0.116. The number of benzene rings is 1. The molecule has 22 heavy (non-hydrogen) atoms. The Kier molecular flexibility index (Phi) is 3.60. The predicted octanol–water partition coefficient (Wildman–Crippen LogP) is 5.41. The van der Waals surface area contributed by atoms with Gasteiger partial charge >= 0.3 is 0 Å². The summed E-state index contributed by atoms with van der Waals surface area (Å²) in [6.45, 7) is 0. The Morgan fingerprint density at radius 3 is 2.68 bits per heavy atom. The van der Waals surface area contributed by atoms with Gasteiger partial charge in [-0.3, -0.25) is 0 Å². The van der Waals surface area contributed by atoms with Crippen LogP contribution in [0.2, 0.25) is 10.6 Å². The minimum atomic E-state index is 0.116. The van der Waals surface area contributed by atoms with Gasteiger partial charge in [0.05, 0.1) is 0 Å². The first kappa shape index (κ1) is 14.1. The summed E-state index contributed by atoms with van der Waals surface area (Å²) in [6, 6.07) is 6.20. The zero-order chi connectivity index (χ0) is 15.1. The largest absolute Gasteiger partial charge is 0.227 e. The second-order valence-corrected chi connectivity index (χ2v) is 6.85. The molecule has 0 saturated heterocycles. The van der Waals surface area contributed by atoms with Gasteiger partial charge in [-0.15, -0.1) is 11.3 Å². The van der Waals surface area contributed by atoms with E-state index in [1.165, 1.54) is 26.9 Å². The minimum Gasteiger partial charge on any atom is -0.198 e. The average molecular weight is 348 g/mol. The molecule has 0 aliphatic heterocycles. The van der Waals surface area contributed by atoms with E-state index in [0.29, 0.717) is 5.82 Å². The SMILES string of the molecule is Clc1nc(Cl)nc(-c2cccc3c4c(sc23)C=CCCC4)n1. The molecule has 1 aliphatic carbocycles. The molecule has 2 aromatic heterocycles. The van der Waals surface area contributed by atoms with Crippen molar-refractivity contribution in [1.29, 1.82) is 0 Å². The maximum atomic E-state index is 5.92. The summed E-state index contributed by atoms with van der Waals surface area (Å²) >= 11 is 13.6. The van der Waals surface area contributed by atoms with Crippen molar-refractivity contribution in [2.75, 3.05) is 0 Å². The number of halogens is 2. The number of fused-ring (bicyclic) bond motifs is 3. The van der Waals surface area contributed by atoms with Crippen LogP contribution in [-0.4, -0.2) is 15.0 Å². The molecule has 3 aromatic rings. The second kappa shape index (κ2) is 5.61. The molecule has 0 saturated carbocycles. The summed E-state index contributed by atoms with van der Waals surface area (Å²) in [5.74, 6) is 0.524. The Hall–Kier alpha value is -1.49. The lowest BCUT2D eigenvalue weighted by atomic mass is 10.0. The molecule has 0 radical (unpaired) electrons. The fourth-order valence-corrected chi connectivity index (χ4v) is 4.44. The first-order valence-corrected chi connectivity index (χ1v) is 8.58. The number of hydrogen-bond donors (Lipinski definition) is 0. The maximum absolute atomic E-state index is 5.92.